The smallest absolute Gasteiger partial charge is 0.128 e. The van der Waals surface area contributed by atoms with Gasteiger partial charge in [-0.2, -0.15) is 0 Å². The van der Waals surface area contributed by atoms with Crippen LogP contribution in [0.25, 0.3) is 11.1 Å². The lowest BCUT2D eigenvalue weighted by Gasteiger charge is -2.15. The van der Waals surface area contributed by atoms with Gasteiger partial charge in [0, 0.05) is 11.1 Å². The minimum atomic E-state index is -0.148. The Morgan fingerprint density at radius 3 is 1.89 bits per heavy atom. The molecule has 0 radical (unpaired) electrons. The van der Waals surface area contributed by atoms with Crippen molar-refractivity contribution in [3.05, 3.63) is 52.1 Å². The third-order valence-electron chi connectivity index (χ3n) is 3.45. The normalized spacial score (nSPS) is 10.8. The molecule has 0 aromatic heterocycles. The molecule has 0 saturated carbocycles. The molecule has 0 heterocycles. The number of rotatable bonds is 2. The minimum Gasteiger partial charge on any atom is -0.507 e. The molecule has 0 aliphatic rings. The molecule has 0 aliphatic heterocycles. The van der Waals surface area contributed by atoms with Crippen LogP contribution >= 0.6 is 0 Å². The largest absolute Gasteiger partial charge is 0.507 e. The molecule has 0 bridgehead atoms. The Hall–Kier alpha value is -1.80. The summed E-state index contributed by atoms with van der Waals surface area (Å²) in [6.07, 6.45) is 0. The lowest BCUT2D eigenvalue weighted by atomic mass is 9.91. The number of aliphatic hydroxyl groups is 1. The third-order valence-corrected chi connectivity index (χ3v) is 3.45. The zero-order valence-electron chi connectivity index (χ0n) is 11.9. The molecule has 2 rings (SSSR count). The maximum Gasteiger partial charge on any atom is 0.128 e. The van der Waals surface area contributed by atoms with Gasteiger partial charge in [0.25, 0.3) is 0 Å². The molecule has 100 valence electrons. The van der Waals surface area contributed by atoms with Gasteiger partial charge in [0.15, 0.2) is 0 Å². The van der Waals surface area contributed by atoms with Gasteiger partial charge in [-0.3, -0.25) is 0 Å². The van der Waals surface area contributed by atoms with Gasteiger partial charge in [-0.15, -0.1) is 0 Å². The number of benzene rings is 2. The first-order valence-electron chi connectivity index (χ1n) is 6.45. The van der Waals surface area contributed by atoms with E-state index in [4.69, 9.17) is 0 Å². The second-order valence-corrected chi connectivity index (χ2v) is 5.25. The zero-order valence-corrected chi connectivity index (χ0v) is 11.9. The van der Waals surface area contributed by atoms with Crippen molar-refractivity contribution in [3.63, 3.8) is 0 Å². The van der Waals surface area contributed by atoms with Crippen LogP contribution in [0.3, 0.4) is 0 Å². The molecule has 2 aromatic carbocycles. The average Bonchev–Trinajstić information content (AvgIpc) is 2.31. The summed E-state index contributed by atoms with van der Waals surface area (Å²) < 4.78 is 0. The molecule has 2 N–H and O–H groups in total. The summed E-state index contributed by atoms with van der Waals surface area (Å²) in [5.41, 5.74) is 6.98. The van der Waals surface area contributed by atoms with Crippen molar-refractivity contribution >= 4 is 0 Å². The van der Waals surface area contributed by atoms with Crippen molar-refractivity contribution in [3.8, 4) is 16.9 Å². The summed E-state index contributed by atoms with van der Waals surface area (Å²) >= 11 is 0. The molecule has 0 fully saturated rings. The Bertz CT molecular complexity index is 604. The van der Waals surface area contributed by atoms with Crippen molar-refractivity contribution in [2.45, 2.75) is 34.3 Å². The Kier molecular flexibility index (Phi) is 3.63. The number of phenols is 1. The number of hydrogen-bond donors (Lipinski definition) is 2. The van der Waals surface area contributed by atoms with Crippen molar-refractivity contribution in [1.82, 2.24) is 0 Å². The SMILES string of the molecule is Cc1cc(C)c(-c2cc(C)cc(CO)c2O)c(C)c1. The van der Waals surface area contributed by atoms with Crippen LogP contribution in [0.1, 0.15) is 27.8 Å². The zero-order chi connectivity index (χ0) is 14.2. The van der Waals surface area contributed by atoms with Crippen molar-refractivity contribution < 1.29 is 10.2 Å². The molecule has 0 atom stereocenters. The summed E-state index contributed by atoms with van der Waals surface area (Å²) in [4.78, 5) is 0. The van der Waals surface area contributed by atoms with Gasteiger partial charge in [-0.1, -0.05) is 23.8 Å². The molecule has 2 nitrogen and oxygen atoms in total. The molecular formula is C17H20O2. The maximum atomic E-state index is 10.3. The van der Waals surface area contributed by atoms with E-state index in [1.807, 2.05) is 19.1 Å². The van der Waals surface area contributed by atoms with E-state index in [2.05, 4.69) is 32.9 Å². The molecule has 19 heavy (non-hydrogen) atoms. The molecule has 2 aromatic rings. The van der Waals surface area contributed by atoms with Gasteiger partial charge in [-0.05, 0) is 56.0 Å². The summed E-state index contributed by atoms with van der Waals surface area (Å²) in [7, 11) is 0. The molecule has 0 saturated heterocycles. The predicted octanol–water partition coefficient (Wildman–Crippen LogP) is 3.79. The summed E-state index contributed by atoms with van der Waals surface area (Å²) in [5.74, 6) is 0.183. The van der Waals surface area contributed by atoms with Crippen molar-refractivity contribution in [2.24, 2.45) is 0 Å². The van der Waals surface area contributed by atoms with Crippen LogP contribution in [-0.4, -0.2) is 10.2 Å². The van der Waals surface area contributed by atoms with Crippen LogP contribution in [0.15, 0.2) is 24.3 Å². The molecule has 0 amide bonds. The molecule has 0 aliphatic carbocycles. The van der Waals surface area contributed by atoms with Gasteiger partial charge >= 0.3 is 0 Å². The maximum absolute atomic E-state index is 10.3. The lowest BCUT2D eigenvalue weighted by molar-refractivity contribution is 0.275. The van der Waals surface area contributed by atoms with E-state index in [1.54, 1.807) is 0 Å². The van der Waals surface area contributed by atoms with E-state index in [0.29, 0.717) is 5.56 Å². The van der Waals surface area contributed by atoms with E-state index in [0.717, 1.165) is 27.8 Å². The first-order valence-corrected chi connectivity index (χ1v) is 6.45. The van der Waals surface area contributed by atoms with E-state index in [1.165, 1.54) is 5.56 Å². The number of aryl methyl sites for hydroxylation is 4. The molecule has 2 heteroatoms. The fraction of sp³-hybridized carbons (Fsp3) is 0.294. The van der Waals surface area contributed by atoms with E-state index >= 15 is 0 Å². The second-order valence-electron chi connectivity index (χ2n) is 5.25. The average molecular weight is 256 g/mol. The fourth-order valence-corrected chi connectivity index (χ4v) is 2.77. The Morgan fingerprint density at radius 2 is 1.37 bits per heavy atom. The fourth-order valence-electron chi connectivity index (χ4n) is 2.77. The first kappa shape index (κ1) is 13.6. The van der Waals surface area contributed by atoms with E-state index < -0.39 is 0 Å². The van der Waals surface area contributed by atoms with Crippen LogP contribution in [0.5, 0.6) is 5.75 Å². The quantitative estimate of drug-likeness (QED) is 0.858. The van der Waals surface area contributed by atoms with Gasteiger partial charge in [-0.25, -0.2) is 0 Å². The van der Waals surface area contributed by atoms with Gasteiger partial charge in [0.05, 0.1) is 6.61 Å². The monoisotopic (exact) mass is 256 g/mol. The summed E-state index contributed by atoms with van der Waals surface area (Å²) in [6, 6.07) is 8.02. The summed E-state index contributed by atoms with van der Waals surface area (Å²) in [6.45, 7) is 8.00. The summed E-state index contributed by atoms with van der Waals surface area (Å²) in [5, 5.41) is 19.7. The number of aromatic hydroxyl groups is 1. The topological polar surface area (TPSA) is 40.5 Å². The van der Waals surface area contributed by atoms with Crippen LogP contribution < -0.4 is 0 Å². The Balaban J connectivity index is 2.76. The van der Waals surface area contributed by atoms with Crippen LogP contribution in [0, 0.1) is 27.7 Å². The van der Waals surface area contributed by atoms with E-state index in [-0.39, 0.29) is 12.4 Å². The van der Waals surface area contributed by atoms with Crippen LogP contribution in [-0.2, 0) is 6.61 Å². The van der Waals surface area contributed by atoms with Crippen molar-refractivity contribution in [2.75, 3.05) is 0 Å². The highest BCUT2D eigenvalue weighted by atomic mass is 16.3. The lowest BCUT2D eigenvalue weighted by Crippen LogP contribution is -1.94. The highest BCUT2D eigenvalue weighted by Gasteiger charge is 2.14. The van der Waals surface area contributed by atoms with E-state index in [9.17, 15) is 10.2 Å². The van der Waals surface area contributed by atoms with Gasteiger partial charge in [0.1, 0.15) is 5.75 Å². The minimum absolute atomic E-state index is 0.148. The Morgan fingerprint density at radius 1 is 0.842 bits per heavy atom. The molecule has 0 unspecified atom stereocenters. The standard InChI is InChI=1S/C17H20O2/c1-10-5-12(3)16(13(4)6-10)15-8-11(2)7-14(9-18)17(15)19/h5-8,18-19H,9H2,1-4H3. The van der Waals surface area contributed by atoms with Crippen LogP contribution in [0.4, 0.5) is 0 Å². The van der Waals surface area contributed by atoms with Gasteiger partial charge in [0.2, 0.25) is 0 Å². The predicted molar refractivity (Wildman–Crippen MR) is 78.4 cm³/mol. The number of hydrogen-bond acceptors (Lipinski definition) is 2. The molecule has 0 spiro atoms. The third kappa shape index (κ3) is 2.49. The van der Waals surface area contributed by atoms with Crippen LogP contribution in [0.2, 0.25) is 0 Å². The highest BCUT2D eigenvalue weighted by molar-refractivity contribution is 5.78. The Labute approximate surface area is 114 Å². The number of aliphatic hydroxyl groups excluding tert-OH is 1. The first-order chi connectivity index (χ1) is 8.93. The second kappa shape index (κ2) is 5.06. The van der Waals surface area contributed by atoms with Gasteiger partial charge < -0.3 is 10.2 Å². The van der Waals surface area contributed by atoms with Crippen molar-refractivity contribution in [1.29, 1.82) is 0 Å². The highest BCUT2D eigenvalue weighted by Crippen LogP contribution is 2.37. The molecular weight excluding hydrogens is 236 g/mol.